The molecule has 0 atom stereocenters. The molecule has 1 fully saturated rings. The van der Waals surface area contributed by atoms with Crippen LogP contribution >= 0.6 is 0 Å². The molecule has 2 heteroatoms. The van der Waals surface area contributed by atoms with Gasteiger partial charge in [-0.3, -0.25) is 0 Å². The molecule has 0 aromatic heterocycles. The highest BCUT2D eigenvalue weighted by Crippen LogP contribution is 2.24. The maximum absolute atomic E-state index is 5.50. The molecule has 0 unspecified atom stereocenters. The Bertz CT molecular complexity index is 179. The van der Waals surface area contributed by atoms with Crippen molar-refractivity contribution in [2.24, 2.45) is 0 Å². The summed E-state index contributed by atoms with van der Waals surface area (Å²) in [4.78, 5) is 0. The van der Waals surface area contributed by atoms with Crippen LogP contribution in [0.25, 0.3) is 0 Å². The Morgan fingerprint density at radius 3 is 2.54 bits per heavy atom. The van der Waals surface area contributed by atoms with Gasteiger partial charge in [-0.2, -0.15) is 0 Å². The zero-order valence-corrected chi connectivity index (χ0v) is 8.93. The Labute approximate surface area is 80.9 Å². The van der Waals surface area contributed by atoms with E-state index in [-0.39, 0.29) is 5.79 Å². The van der Waals surface area contributed by atoms with Crippen molar-refractivity contribution in [2.45, 2.75) is 45.8 Å². The Hall–Kier alpha value is -0.340. The largest absolute Gasteiger partial charge is 0.348 e. The van der Waals surface area contributed by atoms with Gasteiger partial charge in [-0.15, -0.1) is 0 Å². The van der Waals surface area contributed by atoms with Crippen LogP contribution in [0.2, 0.25) is 0 Å². The Morgan fingerprint density at radius 1 is 1.38 bits per heavy atom. The highest BCUT2D eigenvalue weighted by Gasteiger charge is 2.29. The van der Waals surface area contributed by atoms with Crippen LogP contribution in [0.4, 0.5) is 0 Å². The summed E-state index contributed by atoms with van der Waals surface area (Å²) in [6.07, 6.45) is 5.43. The Balaban J connectivity index is 2.25. The average Bonchev–Trinajstić information content (AvgIpc) is 2.52. The maximum atomic E-state index is 5.50. The molecule has 1 saturated heterocycles. The normalized spacial score (nSPS) is 22.2. The van der Waals surface area contributed by atoms with Crippen LogP contribution < -0.4 is 0 Å². The van der Waals surface area contributed by atoms with Crippen LogP contribution in [-0.2, 0) is 9.47 Å². The standard InChI is InChI=1S/C11H20O2/c1-4-10(2)6-5-7-11(3)12-8-9-13-11/h6H,4-5,7-9H2,1-3H3/b10-6+. The number of ether oxygens (including phenoxy) is 2. The monoisotopic (exact) mass is 184 g/mol. The lowest BCUT2D eigenvalue weighted by Gasteiger charge is -2.21. The summed E-state index contributed by atoms with van der Waals surface area (Å²) in [5.74, 6) is -0.315. The molecule has 1 heterocycles. The molecule has 0 amide bonds. The summed E-state index contributed by atoms with van der Waals surface area (Å²) in [6, 6.07) is 0. The van der Waals surface area contributed by atoms with Gasteiger partial charge in [-0.25, -0.2) is 0 Å². The first-order chi connectivity index (χ1) is 6.16. The fraction of sp³-hybridized carbons (Fsp3) is 0.818. The molecule has 0 aliphatic carbocycles. The third-order valence-electron chi connectivity index (χ3n) is 2.55. The molecular formula is C11H20O2. The summed E-state index contributed by atoms with van der Waals surface area (Å²) in [5, 5.41) is 0. The molecule has 0 aromatic carbocycles. The van der Waals surface area contributed by atoms with Crippen LogP contribution in [0.5, 0.6) is 0 Å². The van der Waals surface area contributed by atoms with Gasteiger partial charge in [0.25, 0.3) is 0 Å². The summed E-state index contributed by atoms with van der Waals surface area (Å²) >= 11 is 0. The molecule has 0 radical (unpaired) electrons. The predicted molar refractivity (Wildman–Crippen MR) is 53.6 cm³/mol. The zero-order valence-electron chi connectivity index (χ0n) is 8.93. The van der Waals surface area contributed by atoms with Gasteiger partial charge in [0, 0.05) is 6.42 Å². The first-order valence-corrected chi connectivity index (χ1v) is 5.10. The predicted octanol–water partition coefficient (Wildman–Crippen LogP) is 2.89. The van der Waals surface area contributed by atoms with Crippen molar-refractivity contribution in [2.75, 3.05) is 13.2 Å². The van der Waals surface area contributed by atoms with E-state index in [0.717, 1.165) is 32.5 Å². The summed E-state index contributed by atoms with van der Waals surface area (Å²) < 4.78 is 11.0. The lowest BCUT2D eigenvalue weighted by molar-refractivity contribution is -0.145. The Kier molecular flexibility index (Phi) is 3.94. The number of hydrogen-bond acceptors (Lipinski definition) is 2. The van der Waals surface area contributed by atoms with E-state index < -0.39 is 0 Å². The van der Waals surface area contributed by atoms with Gasteiger partial charge >= 0.3 is 0 Å². The van der Waals surface area contributed by atoms with Gasteiger partial charge in [-0.1, -0.05) is 18.6 Å². The average molecular weight is 184 g/mol. The minimum Gasteiger partial charge on any atom is -0.348 e. The second-order valence-corrected chi connectivity index (χ2v) is 3.77. The van der Waals surface area contributed by atoms with Crippen LogP contribution in [0, 0.1) is 0 Å². The van der Waals surface area contributed by atoms with E-state index >= 15 is 0 Å². The topological polar surface area (TPSA) is 18.5 Å². The van der Waals surface area contributed by atoms with Crippen molar-refractivity contribution in [3.05, 3.63) is 11.6 Å². The summed E-state index contributed by atoms with van der Waals surface area (Å²) in [7, 11) is 0. The van der Waals surface area contributed by atoms with Crippen molar-refractivity contribution in [3.8, 4) is 0 Å². The SMILES string of the molecule is CC/C(C)=C/CCC1(C)OCCO1. The van der Waals surface area contributed by atoms with Gasteiger partial charge in [0.05, 0.1) is 13.2 Å². The summed E-state index contributed by atoms with van der Waals surface area (Å²) in [6.45, 7) is 7.85. The van der Waals surface area contributed by atoms with Crippen LogP contribution in [0.1, 0.15) is 40.0 Å². The molecule has 0 bridgehead atoms. The zero-order chi connectivity index (χ0) is 9.73. The molecular weight excluding hydrogens is 164 g/mol. The highest BCUT2D eigenvalue weighted by atomic mass is 16.7. The van der Waals surface area contributed by atoms with Gasteiger partial charge in [0.15, 0.2) is 5.79 Å². The van der Waals surface area contributed by atoms with E-state index in [2.05, 4.69) is 19.9 Å². The van der Waals surface area contributed by atoms with Gasteiger partial charge in [0.2, 0.25) is 0 Å². The first-order valence-electron chi connectivity index (χ1n) is 5.10. The lowest BCUT2D eigenvalue weighted by atomic mass is 10.1. The van der Waals surface area contributed by atoms with Gasteiger partial charge in [0.1, 0.15) is 0 Å². The third kappa shape index (κ3) is 3.49. The maximum Gasteiger partial charge on any atom is 0.166 e. The fourth-order valence-electron chi connectivity index (χ4n) is 1.43. The molecule has 1 aliphatic heterocycles. The molecule has 1 rings (SSSR count). The minimum atomic E-state index is -0.315. The van der Waals surface area contributed by atoms with Crippen molar-refractivity contribution in [3.63, 3.8) is 0 Å². The van der Waals surface area contributed by atoms with Crippen LogP contribution in [-0.4, -0.2) is 19.0 Å². The second kappa shape index (κ2) is 4.77. The molecule has 0 saturated carbocycles. The number of hydrogen-bond donors (Lipinski definition) is 0. The summed E-state index contributed by atoms with van der Waals surface area (Å²) in [5.41, 5.74) is 1.45. The van der Waals surface area contributed by atoms with E-state index in [0.29, 0.717) is 0 Å². The highest BCUT2D eigenvalue weighted by molar-refractivity contribution is 4.97. The van der Waals surface area contributed by atoms with Gasteiger partial charge in [-0.05, 0) is 26.7 Å². The van der Waals surface area contributed by atoms with E-state index in [1.54, 1.807) is 0 Å². The molecule has 0 spiro atoms. The van der Waals surface area contributed by atoms with E-state index in [9.17, 15) is 0 Å². The lowest BCUT2D eigenvalue weighted by Crippen LogP contribution is -2.24. The quantitative estimate of drug-likeness (QED) is 0.625. The Morgan fingerprint density at radius 2 is 2.00 bits per heavy atom. The second-order valence-electron chi connectivity index (χ2n) is 3.77. The molecule has 76 valence electrons. The van der Waals surface area contributed by atoms with Crippen molar-refractivity contribution < 1.29 is 9.47 Å². The number of rotatable bonds is 4. The van der Waals surface area contributed by atoms with Crippen molar-refractivity contribution in [1.82, 2.24) is 0 Å². The van der Waals surface area contributed by atoms with Gasteiger partial charge < -0.3 is 9.47 Å². The van der Waals surface area contributed by atoms with E-state index in [1.165, 1.54) is 5.57 Å². The smallest absolute Gasteiger partial charge is 0.166 e. The third-order valence-corrected chi connectivity index (χ3v) is 2.55. The molecule has 2 nitrogen and oxygen atoms in total. The van der Waals surface area contributed by atoms with Crippen LogP contribution in [0.3, 0.4) is 0 Å². The molecule has 0 aromatic rings. The minimum absolute atomic E-state index is 0.315. The van der Waals surface area contributed by atoms with E-state index in [4.69, 9.17) is 9.47 Å². The van der Waals surface area contributed by atoms with Crippen LogP contribution in [0.15, 0.2) is 11.6 Å². The van der Waals surface area contributed by atoms with Crippen molar-refractivity contribution in [1.29, 1.82) is 0 Å². The molecule has 1 aliphatic rings. The fourth-order valence-corrected chi connectivity index (χ4v) is 1.43. The molecule has 0 N–H and O–H groups in total. The first kappa shape index (κ1) is 10.7. The van der Waals surface area contributed by atoms with Crippen molar-refractivity contribution >= 4 is 0 Å². The van der Waals surface area contributed by atoms with E-state index in [1.807, 2.05) is 6.92 Å². The number of allylic oxidation sites excluding steroid dienone is 2. The molecule has 13 heavy (non-hydrogen) atoms.